The quantitative estimate of drug-likeness (QED) is 0.518. The largest absolute Gasteiger partial charge is 0.359 e. The molecule has 0 unspecified atom stereocenters. The average molecular weight is 183 g/mol. The summed E-state index contributed by atoms with van der Waals surface area (Å²) in [7, 11) is 0. The molecule has 1 rings (SSSR count). The lowest BCUT2D eigenvalue weighted by Gasteiger charge is -2.22. The van der Waals surface area contributed by atoms with Crippen LogP contribution in [0.15, 0.2) is 0 Å². The molecule has 76 valence electrons. The number of hydrogen-bond acceptors (Lipinski definition) is 2. The molecule has 0 aliphatic carbocycles. The SMILES string of the molecule is CCC(=N)N1CCCN(CC)CC1. The van der Waals surface area contributed by atoms with E-state index in [1.807, 2.05) is 0 Å². The Morgan fingerprint density at radius 1 is 1.15 bits per heavy atom. The van der Waals surface area contributed by atoms with Crippen molar-refractivity contribution in [1.82, 2.24) is 9.80 Å². The van der Waals surface area contributed by atoms with Gasteiger partial charge < -0.3 is 9.80 Å². The van der Waals surface area contributed by atoms with Crippen molar-refractivity contribution < 1.29 is 0 Å². The third-order valence-corrected chi connectivity index (χ3v) is 2.75. The molecule has 0 amide bonds. The summed E-state index contributed by atoms with van der Waals surface area (Å²) in [6.45, 7) is 9.85. The van der Waals surface area contributed by atoms with Crippen LogP contribution in [0.2, 0.25) is 0 Å². The topological polar surface area (TPSA) is 30.3 Å². The number of nitrogens with one attached hydrogen (secondary N) is 1. The minimum absolute atomic E-state index is 0.804. The van der Waals surface area contributed by atoms with Crippen LogP contribution in [0.5, 0.6) is 0 Å². The number of amidine groups is 1. The van der Waals surface area contributed by atoms with Crippen molar-refractivity contribution in [2.24, 2.45) is 0 Å². The Kier molecular flexibility index (Phi) is 4.22. The molecule has 1 aliphatic heterocycles. The summed E-state index contributed by atoms with van der Waals surface area (Å²) in [4.78, 5) is 4.68. The zero-order valence-electron chi connectivity index (χ0n) is 8.84. The molecule has 0 radical (unpaired) electrons. The first-order chi connectivity index (χ1) is 6.27. The molecule has 3 heteroatoms. The van der Waals surface area contributed by atoms with Crippen LogP contribution < -0.4 is 0 Å². The molecule has 0 bridgehead atoms. The van der Waals surface area contributed by atoms with Gasteiger partial charge in [-0.3, -0.25) is 5.41 Å². The highest BCUT2D eigenvalue weighted by molar-refractivity contribution is 5.78. The molecule has 0 aromatic heterocycles. The molecule has 3 nitrogen and oxygen atoms in total. The van der Waals surface area contributed by atoms with Crippen LogP contribution >= 0.6 is 0 Å². The molecule has 1 heterocycles. The smallest absolute Gasteiger partial charge is 0.0955 e. The van der Waals surface area contributed by atoms with Crippen molar-refractivity contribution in [3.63, 3.8) is 0 Å². The summed E-state index contributed by atoms with van der Waals surface area (Å²) in [5, 5.41) is 7.76. The van der Waals surface area contributed by atoms with Crippen molar-refractivity contribution in [3.8, 4) is 0 Å². The van der Waals surface area contributed by atoms with Crippen LogP contribution in [-0.4, -0.2) is 48.4 Å². The van der Waals surface area contributed by atoms with Gasteiger partial charge in [0.05, 0.1) is 5.84 Å². The van der Waals surface area contributed by atoms with E-state index in [1.54, 1.807) is 0 Å². The predicted molar refractivity (Wildman–Crippen MR) is 56.3 cm³/mol. The van der Waals surface area contributed by atoms with Gasteiger partial charge in [-0.05, 0) is 19.5 Å². The van der Waals surface area contributed by atoms with Crippen LogP contribution in [0.3, 0.4) is 0 Å². The summed E-state index contributed by atoms with van der Waals surface area (Å²) in [6.07, 6.45) is 2.07. The number of likely N-dealkylation sites (N-methyl/N-ethyl adjacent to an activating group) is 1. The average Bonchev–Trinajstić information content (AvgIpc) is 2.41. The van der Waals surface area contributed by atoms with Crippen molar-refractivity contribution in [3.05, 3.63) is 0 Å². The molecule has 0 atom stereocenters. The zero-order chi connectivity index (χ0) is 9.68. The lowest BCUT2D eigenvalue weighted by Crippen LogP contribution is -2.34. The Hall–Kier alpha value is -0.570. The van der Waals surface area contributed by atoms with Gasteiger partial charge in [0.15, 0.2) is 0 Å². The maximum Gasteiger partial charge on any atom is 0.0955 e. The minimum atomic E-state index is 0.804. The van der Waals surface area contributed by atoms with E-state index in [1.165, 1.54) is 13.0 Å². The monoisotopic (exact) mass is 183 g/mol. The van der Waals surface area contributed by atoms with Gasteiger partial charge >= 0.3 is 0 Å². The van der Waals surface area contributed by atoms with Gasteiger partial charge in [-0.2, -0.15) is 0 Å². The Labute approximate surface area is 81.2 Å². The van der Waals surface area contributed by atoms with Gasteiger partial charge in [0.1, 0.15) is 0 Å². The summed E-state index contributed by atoms with van der Waals surface area (Å²) in [6, 6.07) is 0. The second-order valence-corrected chi connectivity index (χ2v) is 3.58. The maximum atomic E-state index is 7.76. The predicted octanol–water partition coefficient (Wildman–Crippen LogP) is 1.40. The van der Waals surface area contributed by atoms with Crippen molar-refractivity contribution in [2.75, 3.05) is 32.7 Å². The third kappa shape index (κ3) is 2.99. The van der Waals surface area contributed by atoms with E-state index in [9.17, 15) is 0 Å². The van der Waals surface area contributed by atoms with Gasteiger partial charge in [-0.15, -0.1) is 0 Å². The highest BCUT2D eigenvalue weighted by Crippen LogP contribution is 2.04. The second kappa shape index (κ2) is 5.22. The van der Waals surface area contributed by atoms with E-state index < -0.39 is 0 Å². The molecule has 1 saturated heterocycles. The standard InChI is InChI=1S/C10H21N3/c1-3-10(11)13-7-5-6-12(4-2)8-9-13/h11H,3-9H2,1-2H3. The lowest BCUT2D eigenvalue weighted by atomic mass is 10.3. The van der Waals surface area contributed by atoms with Gasteiger partial charge in [0.25, 0.3) is 0 Å². The van der Waals surface area contributed by atoms with Gasteiger partial charge in [-0.1, -0.05) is 13.8 Å². The zero-order valence-corrected chi connectivity index (χ0v) is 8.84. The fourth-order valence-corrected chi connectivity index (χ4v) is 1.78. The fraction of sp³-hybridized carbons (Fsp3) is 0.900. The molecular weight excluding hydrogens is 162 g/mol. The lowest BCUT2D eigenvalue weighted by molar-refractivity contribution is 0.300. The molecule has 0 saturated carbocycles. The highest BCUT2D eigenvalue weighted by atomic mass is 15.2. The Balaban J connectivity index is 2.40. The fourth-order valence-electron chi connectivity index (χ4n) is 1.78. The van der Waals surface area contributed by atoms with Crippen LogP contribution in [0.4, 0.5) is 0 Å². The first-order valence-electron chi connectivity index (χ1n) is 5.32. The van der Waals surface area contributed by atoms with Crippen LogP contribution in [0, 0.1) is 5.41 Å². The van der Waals surface area contributed by atoms with Crippen LogP contribution in [0.25, 0.3) is 0 Å². The molecule has 13 heavy (non-hydrogen) atoms. The van der Waals surface area contributed by atoms with Crippen molar-refractivity contribution in [1.29, 1.82) is 5.41 Å². The molecule has 0 aromatic rings. The van der Waals surface area contributed by atoms with Crippen molar-refractivity contribution in [2.45, 2.75) is 26.7 Å². The number of hydrogen-bond donors (Lipinski definition) is 1. The molecule has 1 aliphatic rings. The first kappa shape index (κ1) is 10.5. The summed E-state index contributed by atoms with van der Waals surface area (Å²) in [5.41, 5.74) is 0. The highest BCUT2D eigenvalue weighted by Gasteiger charge is 2.14. The van der Waals surface area contributed by atoms with E-state index in [2.05, 4.69) is 23.6 Å². The van der Waals surface area contributed by atoms with E-state index in [0.717, 1.165) is 38.4 Å². The number of rotatable bonds is 2. The summed E-state index contributed by atoms with van der Waals surface area (Å²) >= 11 is 0. The van der Waals surface area contributed by atoms with Gasteiger partial charge in [0.2, 0.25) is 0 Å². The summed E-state index contributed by atoms with van der Waals surface area (Å²) in [5.74, 6) is 0.804. The Morgan fingerprint density at radius 2 is 1.92 bits per heavy atom. The normalized spacial score (nSPS) is 20.0. The molecule has 0 spiro atoms. The van der Waals surface area contributed by atoms with E-state index in [-0.39, 0.29) is 0 Å². The summed E-state index contributed by atoms with van der Waals surface area (Å²) < 4.78 is 0. The molecule has 1 fully saturated rings. The van der Waals surface area contributed by atoms with Gasteiger partial charge in [0, 0.05) is 26.1 Å². The Morgan fingerprint density at radius 3 is 2.54 bits per heavy atom. The van der Waals surface area contributed by atoms with Gasteiger partial charge in [-0.25, -0.2) is 0 Å². The minimum Gasteiger partial charge on any atom is -0.359 e. The first-order valence-corrected chi connectivity index (χ1v) is 5.32. The second-order valence-electron chi connectivity index (χ2n) is 3.58. The molecule has 1 N–H and O–H groups in total. The molecule has 0 aromatic carbocycles. The number of nitrogens with zero attached hydrogens (tertiary/aromatic N) is 2. The van der Waals surface area contributed by atoms with Crippen molar-refractivity contribution >= 4 is 5.84 Å². The Bertz CT molecular complexity index is 168. The van der Waals surface area contributed by atoms with E-state index >= 15 is 0 Å². The third-order valence-electron chi connectivity index (χ3n) is 2.75. The molecular formula is C10H21N3. The van der Waals surface area contributed by atoms with E-state index in [4.69, 9.17) is 5.41 Å². The van der Waals surface area contributed by atoms with Crippen LogP contribution in [-0.2, 0) is 0 Å². The maximum absolute atomic E-state index is 7.76. The van der Waals surface area contributed by atoms with Crippen LogP contribution in [0.1, 0.15) is 26.7 Å². The van der Waals surface area contributed by atoms with E-state index in [0.29, 0.717) is 0 Å².